The molecule has 2 N–H and O–H groups in total. The van der Waals surface area contributed by atoms with Crippen LogP contribution in [-0.4, -0.2) is 32.3 Å². The lowest BCUT2D eigenvalue weighted by atomic mass is 9.39. The minimum absolute atomic E-state index is 0.0764. The van der Waals surface area contributed by atoms with Crippen molar-refractivity contribution in [2.75, 3.05) is 11.0 Å². The van der Waals surface area contributed by atoms with Crippen molar-refractivity contribution in [3.05, 3.63) is 53.8 Å². The number of nitrogens with one attached hydrogen (secondary N) is 2. The van der Waals surface area contributed by atoms with E-state index in [0.717, 1.165) is 23.1 Å². The summed E-state index contributed by atoms with van der Waals surface area (Å²) in [6.07, 6.45) is -3.11. The van der Waals surface area contributed by atoms with Crippen molar-refractivity contribution in [2.45, 2.75) is 40.8 Å². The van der Waals surface area contributed by atoms with Crippen molar-refractivity contribution in [3.63, 3.8) is 0 Å². The van der Waals surface area contributed by atoms with Gasteiger partial charge < -0.3 is 5.32 Å². The Bertz CT molecular complexity index is 1130. The van der Waals surface area contributed by atoms with E-state index in [9.17, 15) is 30.8 Å². The Labute approximate surface area is 180 Å². The van der Waals surface area contributed by atoms with E-state index in [1.165, 1.54) is 23.9 Å². The lowest BCUT2D eigenvalue weighted by Crippen LogP contribution is -2.78. The van der Waals surface area contributed by atoms with Gasteiger partial charge in [0.15, 0.2) is 0 Å². The van der Waals surface area contributed by atoms with Crippen molar-refractivity contribution in [2.24, 2.45) is 5.41 Å². The molecule has 0 atom stereocenters. The Morgan fingerprint density at radius 3 is 2.23 bits per heavy atom. The van der Waals surface area contributed by atoms with E-state index in [-0.39, 0.29) is 35.4 Å². The zero-order valence-corrected chi connectivity index (χ0v) is 17.8. The molecule has 1 amide bonds. The molecule has 0 aromatic heterocycles. The quantitative estimate of drug-likeness (QED) is 0.475. The summed E-state index contributed by atoms with van der Waals surface area (Å²) in [5.41, 5.74) is -3.15. The molecule has 2 aromatic rings. The lowest BCUT2D eigenvalue weighted by molar-refractivity contribution is -0.336. The Morgan fingerprint density at radius 1 is 1.06 bits per heavy atom. The number of thioether (sulfide) groups is 1. The molecule has 3 aliphatic rings. The molecular weight excluding hydrogens is 456 g/mol. The van der Waals surface area contributed by atoms with Crippen LogP contribution in [0.25, 0.3) is 0 Å². The zero-order chi connectivity index (χ0) is 22.7. The molecule has 0 aliphatic heterocycles. The molecule has 0 spiro atoms. The highest BCUT2D eigenvalue weighted by atomic mass is 32.2. The first kappa shape index (κ1) is 21.9. The first-order valence-electron chi connectivity index (χ1n) is 9.24. The molecule has 3 fully saturated rings. The molecule has 2 bridgehead atoms. The van der Waals surface area contributed by atoms with Gasteiger partial charge in [-0.05, 0) is 68.0 Å². The number of rotatable bonds is 6. The van der Waals surface area contributed by atoms with Crippen LogP contribution < -0.4 is 10.0 Å². The number of carbonyl (C=O) groups excluding carboxylic acids is 1. The van der Waals surface area contributed by atoms with Crippen LogP contribution >= 0.6 is 11.8 Å². The highest BCUT2D eigenvalue weighted by Gasteiger charge is 2.79. The van der Waals surface area contributed by atoms with Gasteiger partial charge in [-0.3, -0.25) is 9.52 Å². The molecular formula is C20H18F4N2O3S2. The molecule has 166 valence electrons. The largest absolute Gasteiger partial charge is 0.394 e. The van der Waals surface area contributed by atoms with E-state index in [2.05, 4.69) is 10.0 Å². The number of hydrogen-bond acceptors (Lipinski definition) is 4. The molecule has 0 saturated heterocycles. The van der Waals surface area contributed by atoms with Crippen molar-refractivity contribution in [1.82, 2.24) is 5.32 Å². The van der Waals surface area contributed by atoms with Crippen molar-refractivity contribution >= 4 is 33.4 Å². The third-order valence-electron chi connectivity index (χ3n) is 5.85. The Balaban J connectivity index is 1.54. The van der Waals surface area contributed by atoms with Crippen molar-refractivity contribution in [3.8, 4) is 0 Å². The van der Waals surface area contributed by atoms with Gasteiger partial charge in [-0.25, -0.2) is 12.8 Å². The van der Waals surface area contributed by atoms with Gasteiger partial charge in [0.25, 0.3) is 15.9 Å². The van der Waals surface area contributed by atoms with Crippen molar-refractivity contribution < 1.29 is 30.8 Å². The molecule has 11 heteroatoms. The number of alkyl halides is 3. The third kappa shape index (κ3) is 3.78. The normalized spacial score (nSPS) is 24.7. The lowest BCUT2D eigenvalue weighted by Gasteiger charge is -2.70. The molecule has 5 rings (SSSR count). The molecule has 31 heavy (non-hydrogen) atoms. The fraction of sp³-hybridized carbons (Fsp3) is 0.350. The van der Waals surface area contributed by atoms with Crippen LogP contribution in [0.4, 0.5) is 23.2 Å². The SMILES string of the molecule is CSc1ccc(S(=O)(=O)Nc2cc(F)ccc2C(=O)NC23CC(C(F)(F)F)(C2)C3)cc1. The van der Waals surface area contributed by atoms with Gasteiger partial charge in [0.05, 0.1) is 21.6 Å². The van der Waals surface area contributed by atoms with Crippen LogP contribution in [0.5, 0.6) is 0 Å². The van der Waals surface area contributed by atoms with Crippen LogP contribution in [-0.2, 0) is 10.0 Å². The van der Waals surface area contributed by atoms with E-state index in [1.807, 2.05) is 6.26 Å². The molecule has 3 saturated carbocycles. The van der Waals surface area contributed by atoms with Gasteiger partial charge in [0.1, 0.15) is 5.82 Å². The average molecular weight is 475 g/mol. The number of halogens is 4. The first-order valence-corrected chi connectivity index (χ1v) is 12.0. The van der Waals surface area contributed by atoms with Crippen LogP contribution in [0, 0.1) is 11.2 Å². The van der Waals surface area contributed by atoms with E-state index >= 15 is 0 Å². The summed E-state index contributed by atoms with van der Waals surface area (Å²) in [6.45, 7) is 0. The predicted octanol–water partition coefficient (Wildman–Crippen LogP) is 4.56. The zero-order valence-electron chi connectivity index (χ0n) is 16.2. The second-order valence-corrected chi connectivity index (χ2v) is 10.6. The summed E-state index contributed by atoms with van der Waals surface area (Å²) < 4.78 is 80.5. The highest BCUT2D eigenvalue weighted by Crippen LogP contribution is 2.73. The molecule has 2 aromatic carbocycles. The van der Waals surface area contributed by atoms with Crippen LogP contribution in [0.15, 0.2) is 52.3 Å². The van der Waals surface area contributed by atoms with Crippen molar-refractivity contribution in [1.29, 1.82) is 0 Å². The maximum Gasteiger partial charge on any atom is 0.394 e. The smallest absolute Gasteiger partial charge is 0.346 e. The van der Waals surface area contributed by atoms with Gasteiger partial charge in [0, 0.05) is 10.4 Å². The highest BCUT2D eigenvalue weighted by molar-refractivity contribution is 7.98. The van der Waals surface area contributed by atoms with E-state index in [0.29, 0.717) is 0 Å². The Hall–Kier alpha value is -2.27. The summed E-state index contributed by atoms with van der Waals surface area (Å²) in [7, 11) is -4.12. The van der Waals surface area contributed by atoms with Crippen LogP contribution in [0.1, 0.15) is 29.6 Å². The van der Waals surface area contributed by atoms with Crippen LogP contribution in [0.3, 0.4) is 0 Å². The van der Waals surface area contributed by atoms with Crippen LogP contribution in [0.2, 0.25) is 0 Å². The maximum atomic E-state index is 13.8. The third-order valence-corrected chi connectivity index (χ3v) is 7.98. The number of carbonyl (C=O) groups is 1. The number of sulfonamides is 1. The van der Waals surface area contributed by atoms with E-state index in [4.69, 9.17) is 0 Å². The van der Waals surface area contributed by atoms with Gasteiger partial charge in [-0.15, -0.1) is 11.8 Å². The van der Waals surface area contributed by atoms with Gasteiger partial charge >= 0.3 is 6.18 Å². The summed E-state index contributed by atoms with van der Waals surface area (Å²) in [5.74, 6) is -1.53. The summed E-state index contributed by atoms with van der Waals surface area (Å²) in [4.78, 5) is 13.5. The minimum atomic E-state index is -4.32. The first-order chi connectivity index (χ1) is 14.4. The fourth-order valence-electron chi connectivity index (χ4n) is 4.29. The van der Waals surface area contributed by atoms with Gasteiger partial charge in [-0.1, -0.05) is 0 Å². The minimum Gasteiger partial charge on any atom is -0.346 e. The molecule has 0 radical (unpaired) electrons. The fourth-order valence-corrected chi connectivity index (χ4v) is 5.77. The molecule has 0 unspecified atom stereocenters. The summed E-state index contributed by atoms with van der Waals surface area (Å²) in [6, 6.07) is 8.93. The second kappa shape index (κ2) is 7.13. The predicted molar refractivity (Wildman–Crippen MR) is 108 cm³/mol. The number of anilines is 1. The monoisotopic (exact) mass is 474 g/mol. The van der Waals surface area contributed by atoms with E-state index < -0.39 is 38.9 Å². The second-order valence-electron chi connectivity index (χ2n) is 8.01. The maximum absolute atomic E-state index is 13.8. The Kier molecular flexibility index (Phi) is 5.04. The number of benzene rings is 2. The molecule has 3 aliphatic carbocycles. The Morgan fingerprint density at radius 2 is 1.68 bits per heavy atom. The number of hydrogen-bond donors (Lipinski definition) is 2. The molecule has 5 nitrogen and oxygen atoms in total. The topological polar surface area (TPSA) is 75.3 Å². The average Bonchev–Trinajstić information content (AvgIpc) is 2.62. The van der Waals surface area contributed by atoms with E-state index in [1.54, 1.807) is 12.1 Å². The standard InChI is InChI=1S/C20H18F4N2O3S2/c1-30-13-3-5-14(6-4-13)31(28,29)26-16-8-12(21)2-7-15(16)17(27)25-19-9-18(10-19,11-19)20(22,23)24/h2-8,26H,9-11H2,1H3,(H,25,27). The van der Waals surface area contributed by atoms with Gasteiger partial charge in [0.2, 0.25) is 0 Å². The molecule has 0 heterocycles. The summed E-state index contributed by atoms with van der Waals surface area (Å²) >= 11 is 1.43. The summed E-state index contributed by atoms with van der Waals surface area (Å²) in [5, 5.41) is 2.57. The van der Waals surface area contributed by atoms with Gasteiger partial charge in [-0.2, -0.15) is 13.2 Å². The number of amides is 1.